The van der Waals surface area contributed by atoms with Crippen molar-refractivity contribution in [2.45, 2.75) is 0 Å². The molecule has 50 heavy (non-hydrogen) atoms. The molecule has 0 N–H and O–H groups in total. The van der Waals surface area contributed by atoms with Crippen LogP contribution in [-0.2, 0) is 0 Å². The highest BCUT2D eigenvalue weighted by Crippen LogP contribution is 2.39. The molecule has 0 radical (unpaired) electrons. The Kier molecular flexibility index (Phi) is 5.54. The minimum absolute atomic E-state index is 0.774. The van der Waals surface area contributed by atoms with Crippen LogP contribution in [0.3, 0.4) is 0 Å². The Balaban J connectivity index is 1.25. The van der Waals surface area contributed by atoms with Gasteiger partial charge in [0.15, 0.2) is 5.82 Å². The van der Waals surface area contributed by atoms with Crippen LogP contribution in [0.4, 0.5) is 0 Å². The van der Waals surface area contributed by atoms with Gasteiger partial charge in [-0.2, -0.15) is 0 Å². The Morgan fingerprint density at radius 1 is 0.440 bits per heavy atom. The van der Waals surface area contributed by atoms with Crippen molar-refractivity contribution in [2.24, 2.45) is 0 Å². The molecule has 7 heteroatoms. The lowest BCUT2D eigenvalue weighted by Gasteiger charge is -2.11. The molecule has 0 saturated carbocycles. The molecule has 5 aromatic heterocycles. The van der Waals surface area contributed by atoms with Crippen LogP contribution >= 0.6 is 0 Å². The molecular weight excluding hydrogens is 615 g/mol. The van der Waals surface area contributed by atoms with Gasteiger partial charge in [0.25, 0.3) is 0 Å². The van der Waals surface area contributed by atoms with E-state index >= 15 is 0 Å². The van der Waals surface area contributed by atoms with Crippen LogP contribution < -0.4 is 0 Å². The molecular formula is C43H25N7. The third-order valence-electron chi connectivity index (χ3n) is 9.91. The number of benzene rings is 6. The molecule has 0 saturated heterocycles. The van der Waals surface area contributed by atoms with Crippen molar-refractivity contribution in [3.8, 4) is 22.8 Å². The lowest BCUT2D eigenvalue weighted by atomic mass is 10.1. The van der Waals surface area contributed by atoms with Gasteiger partial charge in [-0.3, -0.25) is 19.5 Å². The molecule has 0 aliphatic rings. The first-order valence-corrected chi connectivity index (χ1v) is 16.6. The van der Waals surface area contributed by atoms with E-state index in [4.69, 9.17) is 10.1 Å². The van der Waals surface area contributed by atoms with Gasteiger partial charge in [0.2, 0.25) is 0 Å². The number of hydrogen-bond acceptors (Lipinski definition) is 5. The average Bonchev–Trinajstić information content (AvgIpc) is 3.66. The van der Waals surface area contributed by atoms with Crippen molar-refractivity contribution in [2.75, 3.05) is 0 Å². The molecule has 0 aliphatic heterocycles. The predicted molar refractivity (Wildman–Crippen MR) is 202 cm³/mol. The first-order chi connectivity index (χ1) is 24.8. The first kappa shape index (κ1) is 27.0. The van der Waals surface area contributed by atoms with Crippen LogP contribution in [0.15, 0.2) is 152 Å². The number of fused-ring (bicyclic) bond motifs is 9. The summed E-state index contributed by atoms with van der Waals surface area (Å²) in [6.45, 7) is 0. The topological polar surface area (TPSA) is 74.3 Å². The Morgan fingerprint density at radius 2 is 1.12 bits per heavy atom. The lowest BCUT2D eigenvalue weighted by molar-refractivity contribution is 0.980. The van der Waals surface area contributed by atoms with E-state index in [0.29, 0.717) is 0 Å². The zero-order valence-corrected chi connectivity index (χ0v) is 26.6. The minimum Gasteiger partial charge on any atom is -0.307 e. The number of aromatic nitrogens is 7. The van der Waals surface area contributed by atoms with Gasteiger partial charge in [-0.1, -0.05) is 72.8 Å². The van der Waals surface area contributed by atoms with Crippen LogP contribution in [-0.4, -0.2) is 34.3 Å². The van der Waals surface area contributed by atoms with E-state index < -0.39 is 0 Å². The molecule has 0 bridgehead atoms. The first-order valence-electron chi connectivity index (χ1n) is 16.6. The van der Waals surface area contributed by atoms with Crippen molar-refractivity contribution >= 4 is 76.2 Å². The summed E-state index contributed by atoms with van der Waals surface area (Å²) in [5.74, 6) is 0.774. The second-order valence-corrected chi connectivity index (χ2v) is 12.7. The van der Waals surface area contributed by atoms with E-state index in [2.05, 4.69) is 133 Å². The third-order valence-corrected chi connectivity index (χ3v) is 9.91. The summed E-state index contributed by atoms with van der Waals surface area (Å²) >= 11 is 0. The van der Waals surface area contributed by atoms with Gasteiger partial charge in [-0.05, 0) is 76.1 Å². The van der Waals surface area contributed by atoms with Gasteiger partial charge in [0.05, 0.1) is 45.0 Å². The summed E-state index contributed by atoms with van der Waals surface area (Å²) in [5.41, 5.74) is 8.73. The molecule has 0 amide bonds. The Morgan fingerprint density at radius 3 is 1.88 bits per heavy atom. The Labute approximate surface area is 284 Å². The molecule has 0 spiro atoms. The largest absolute Gasteiger partial charge is 0.307 e. The number of nitrogens with zero attached hydrogens (tertiary/aromatic N) is 7. The normalized spacial score (nSPS) is 12.0. The van der Waals surface area contributed by atoms with Gasteiger partial charge in [0, 0.05) is 51.4 Å². The number of hydrogen-bond donors (Lipinski definition) is 0. The zero-order valence-electron chi connectivity index (χ0n) is 26.6. The molecule has 0 atom stereocenters. The maximum absolute atomic E-state index is 5.05. The monoisotopic (exact) mass is 639 g/mol. The fraction of sp³-hybridized carbons (Fsp3) is 0. The summed E-state index contributed by atoms with van der Waals surface area (Å²) in [5, 5.41) is 18.6. The fourth-order valence-corrected chi connectivity index (χ4v) is 7.59. The fourth-order valence-electron chi connectivity index (χ4n) is 7.59. The molecule has 0 unspecified atom stereocenters. The maximum Gasteiger partial charge on any atom is 0.160 e. The highest BCUT2D eigenvalue weighted by molar-refractivity contribution is 6.15. The van der Waals surface area contributed by atoms with Crippen LogP contribution in [0.2, 0.25) is 0 Å². The molecule has 232 valence electrons. The van der Waals surface area contributed by atoms with Crippen LogP contribution in [0.5, 0.6) is 0 Å². The maximum atomic E-state index is 5.05. The molecule has 11 rings (SSSR count). The second-order valence-electron chi connectivity index (χ2n) is 12.7. The van der Waals surface area contributed by atoms with E-state index in [1.54, 1.807) is 18.6 Å². The van der Waals surface area contributed by atoms with Gasteiger partial charge in [-0.15, -0.1) is 10.2 Å². The van der Waals surface area contributed by atoms with Crippen molar-refractivity contribution in [3.63, 3.8) is 0 Å². The molecule has 0 fully saturated rings. The van der Waals surface area contributed by atoms with E-state index in [0.717, 1.165) is 72.0 Å². The van der Waals surface area contributed by atoms with E-state index in [-0.39, 0.29) is 0 Å². The average molecular weight is 640 g/mol. The van der Waals surface area contributed by atoms with Crippen LogP contribution in [0, 0.1) is 0 Å². The molecule has 7 nitrogen and oxygen atoms in total. The molecule has 5 heterocycles. The van der Waals surface area contributed by atoms with Crippen LogP contribution in [0.25, 0.3) is 99.0 Å². The highest BCUT2D eigenvalue weighted by Gasteiger charge is 2.20. The third kappa shape index (κ3) is 3.94. The summed E-state index contributed by atoms with van der Waals surface area (Å²) in [6.07, 6.45) is 7.08. The van der Waals surface area contributed by atoms with E-state index in [9.17, 15) is 0 Å². The van der Waals surface area contributed by atoms with Crippen molar-refractivity contribution < 1.29 is 0 Å². The zero-order chi connectivity index (χ0) is 32.8. The van der Waals surface area contributed by atoms with Gasteiger partial charge >= 0.3 is 0 Å². The summed E-state index contributed by atoms with van der Waals surface area (Å²) in [6, 6.07) is 45.3. The standard InChI is InChI=1S/C43H25N7/c1-3-9-28-19-38-34(17-26(28)7-1)33-14-13-32(23-40(33)50(38)42-22-30-11-5-6-12-36(30)47-48-42)49-39-20-29-10-4-2-8-27(29)18-35(39)43-41(49)21-31(24-46-43)37-25-44-15-16-45-37/h1-25H. The minimum atomic E-state index is 0.774. The summed E-state index contributed by atoms with van der Waals surface area (Å²) in [4.78, 5) is 14.0. The van der Waals surface area contributed by atoms with E-state index in [1.165, 1.54) is 26.9 Å². The lowest BCUT2D eigenvalue weighted by Crippen LogP contribution is -2.00. The van der Waals surface area contributed by atoms with Gasteiger partial charge in [-0.25, -0.2) is 0 Å². The smallest absolute Gasteiger partial charge is 0.160 e. The number of pyridine rings is 1. The predicted octanol–water partition coefficient (Wildman–Crippen LogP) is 9.98. The number of rotatable bonds is 3. The van der Waals surface area contributed by atoms with Crippen molar-refractivity contribution in [3.05, 3.63) is 152 Å². The molecule has 6 aromatic carbocycles. The SMILES string of the molecule is c1ccc2cc3c(cc2c1)c1ccc(-n2c4cc5ccccc5cc4c4ncc(-c5cnccn5)cc42)cc1n3-c1cc2ccccc2nn1. The molecule has 11 aromatic rings. The van der Waals surface area contributed by atoms with Crippen molar-refractivity contribution in [1.29, 1.82) is 0 Å². The van der Waals surface area contributed by atoms with Gasteiger partial charge < -0.3 is 4.57 Å². The Hall–Kier alpha value is -6.99. The Bertz CT molecular complexity index is 3160. The van der Waals surface area contributed by atoms with E-state index in [1.807, 2.05) is 24.4 Å². The second kappa shape index (κ2) is 10.3. The van der Waals surface area contributed by atoms with Crippen LogP contribution in [0.1, 0.15) is 0 Å². The summed E-state index contributed by atoms with van der Waals surface area (Å²) < 4.78 is 4.58. The van der Waals surface area contributed by atoms with Crippen molar-refractivity contribution in [1.82, 2.24) is 34.3 Å². The summed E-state index contributed by atoms with van der Waals surface area (Å²) in [7, 11) is 0. The highest BCUT2D eigenvalue weighted by atomic mass is 15.2. The molecule has 0 aliphatic carbocycles. The quantitative estimate of drug-likeness (QED) is 0.192. The van der Waals surface area contributed by atoms with Gasteiger partial charge in [0.1, 0.15) is 0 Å².